The second kappa shape index (κ2) is 6.28. The smallest absolute Gasteiger partial charge is 0.309 e. The van der Waals surface area contributed by atoms with E-state index in [0.717, 1.165) is 25.7 Å². The predicted molar refractivity (Wildman–Crippen MR) is 97.9 cm³/mol. The van der Waals surface area contributed by atoms with Crippen LogP contribution in [0.5, 0.6) is 0 Å². The van der Waals surface area contributed by atoms with Gasteiger partial charge >= 0.3 is 5.97 Å². The summed E-state index contributed by atoms with van der Waals surface area (Å²) in [7, 11) is 0. The molecule has 150 valence electrons. The van der Waals surface area contributed by atoms with Crippen LogP contribution in [-0.4, -0.2) is 42.8 Å². The van der Waals surface area contributed by atoms with Gasteiger partial charge in [0.1, 0.15) is 5.78 Å². The number of hydrogen-bond acceptors (Lipinski definition) is 5. The SMILES string of the molecule is CC1OC2CC(C(=O)OCC(C)(C)CCC(=O)C3CC4CC3C3OC43)C1C2. The van der Waals surface area contributed by atoms with Crippen LogP contribution in [-0.2, 0) is 23.8 Å². The van der Waals surface area contributed by atoms with Gasteiger partial charge in [0, 0.05) is 18.3 Å². The molecule has 5 fully saturated rings. The van der Waals surface area contributed by atoms with Crippen molar-refractivity contribution in [1.29, 1.82) is 0 Å². The summed E-state index contributed by atoms with van der Waals surface area (Å²) in [5.41, 5.74) is -0.165. The van der Waals surface area contributed by atoms with Crippen molar-refractivity contribution in [2.45, 2.75) is 83.7 Å². The van der Waals surface area contributed by atoms with Gasteiger partial charge in [0.25, 0.3) is 0 Å². The van der Waals surface area contributed by atoms with Crippen LogP contribution in [0, 0.1) is 35.0 Å². The van der Waals surface area contributed by atoms with E-state index >= 15 is 0 Å². The first-order valence-corrected chi connectivity index (χ1v) is 10.8. The molecule has 0 spiro atoms. The number of rotatable bonds is 7. The van der Waals surface area contributed by atoms with Crippen molar-refractivity contribution in [2.24, 2.45) is 35.0 Å². The zero-order valence-electron chi connectivity index (χ0n) is 16.7. The minimum atomic E-state index is -0.165. The van der Waals surface area contributed by atoms with Crippen molar-refractivity contribution in [3.05, 3.63) is 0 Å². The molecule has 27 heavy (non-hydrogen) atoms. The summed E-state index contributed by atoms with van der Waals surface area (Å²) in [6.07, 6.45) is 6.67. The summed E-state index contributed by atoms with van der Waals surface area (Å²) in [5, 5.41) is 0. The predicted octanol–water partition coefficient (Wildman–Crippen LogP) is 3.14. The lowest BCUT2D eigenvalue weighted by Crippen LogP contribution is -2.34. The molecule has 0 aromatic carbocycles. The highest BCUT2D eigenvalue weighted by Crippen LogP contribution is 2.59. The molecule has 5 heteroatoms. The third-order valence-electron chi connectivity index (χ3n) is 8.04. The number of fused-ring (bicyclic) bond motifs is 7. The Morgan fingerprint density at radius 3 is 2.48 bits per heavy atom. The van der Waals surface area contributed by atoms with Gasteiger partial charge in [0.2, 0.25) is 0 Å². The largest absolute Gasteiger partial charge is 0.465 e. The zero-order chi connectivity index (χ0) is 18.9. The van der Waals surface area contributed by atoms with Crippen LogP contribution in [0.3, 0.4) is 0 Å². The number of carbonyl (C=O) groups is 2. The second-order valence-corrected chi connectivity index (χ2v) is 10.5. The number of hydrogen-bond donors (Lipinski definition) is 0. The summed E-state index contributed by atoms with van der Waals surface area (Å²) in [5.74, 6) is 1.98. The van der Waals surface area contributed by atoms with Crippen molar-refractivity contribution in [3.8, 4) is 0 Å². The van der Waals surface area contributed by atoms with Crippen LogP contribution in [0.15, 0.2) is 0 Å². The van der Waals surface area contributed by atoms with Gasteiger partial charge in [-0.05, 0) is 56.3 Å². The number of ether oxygens (including phenoxy) is 3. The van der Waals surface area contributed by atoms with Crippen LogP contribution < -0.4 is 0 Å². The molecule has 2 heterocycles. The minimum Gasteiger partial charge on any atom is -0.465 e. The lowest BCUT2D eigenvalue weighted by atomic mass is 9.81. The number of ketones is 1. The summed E-state index contributed by atoms with van der Waals surface area (Å²) >= 11 is 0. The zero-order valence-corrected chi connectivity index (χ0v) is 16.7. The molecule has 5 nitrogen and oxygen atoms in total. The van der Waals surface area contributed by atoms with Gasteiger partial charge in [-0.3, -0.25) is 9.59 Å². The monoisotopic (exact) mass is 376 g/mol. The Hall–Kier alpha value is -0.940. The average molecular weight is 376 g/mol. The first-order chi connectivity index (χ1) is 12.8. The van der Waals surface area contributed by atoms with E-state index in [2.05, 4.69) is 20.8 Å². The Kier molecular flexibility index (Phi) is 4.21. The van der Waals surface area contributed by atoms with Gasteiger partial charge in [-0.15, -0.1) is 0 Å². The van der Waals surface area contributed by atoms with E-state index < -0.39 is 0 Å². The fourth-order valence-corrected chi connectivity index (χ4v) is 6.39. The molecule has 5 rings (SSSR count). The molecule has 0 aromatic heterocycles. The van der Waals surface area contributed by atoms with Crippen molar-refractivity contribution in [2.75, 3.05) is 6.61 Å². The number of Topliss-reactive ketones (excluding diaryl/α,β-unsaturated/α-hetero) is 1. The van der Waals surface area contributed by atoms with E-state index in [1.54, 1.807) is 0 Å². The Labute approximate surface area is 161 Å². The molecular weight excluding hydrogens is 344 g/mol. The highest BCUT2D eigenvalue weighted by molar-refractivity contribution is 5.82. The summed E-state index contributed by atoms with van der Waals surface area (Å²) in [6.45, 7) is 6.65. The lowest BCUT2D eigenvalue weighted by Gasteiger charge is -2.29. The van der Waals surface area contributed by atoms with E-state index in [1.807, 2.05) is 0 Å². The molecule has 0 aromatic rings. The van der Waals surface area contributed by atoms with Gasteiger partial charge in [-0.2, -0.15) is 0 Å². The van der Waals surface area contributed by atoms with Gasteiger partial charge < -0.3 is 14.2 Å². The van der Waals surface area contributed by atoms with E-state index in [9.17, 15) is 9.59 Å². The fourth-order valence-electron chi connectivity index (χ4n) is 6.39. The molecule has 2 aliphatic heterocycles. The highest BCUT2D eigenvalue weighted by atomic mass is 16.6. The van der Waals surface area contributed by atoms with Gasteiger partial charge in [0.05, 0.1) is 36.9 Å². The van der Waals surface area contributed by atoms with Crippen LogP contribution in [0.25, 0.3) is 0 Å². The van der Waals surface area contributed by atoms with Gasteiger partial charge in [-0.25, -0.2) is 0 Å². The van der Waals surface area contributed by atoms with Crippen molar-refractivity contribution < 1.29 is 23.8 Å². The molecular formula is C22H32O5. The Balaban J connectivity index is 1.08. The quantitative estimate of drug-likeness (QED) is 0.504. The number of carbonyl (C=O) groups excluding carboxylic acids is 2. The Bertz CT molecular complexity index is 615. The van der Waals surface area contributed by atoms with Gasteiger partial charge in [-0.1, -0.05) is 13.8 Å². The van der Waals surface area contributed by atoms with Crippen LogP contribution >= 0.6 is 0 Å². The Morgan fingerprint density at radius 1 is 1.00 bits per heavy atom. The third kappa shape index (κ3) is 3.15. The molecule has 9 atom stereocenters. The number of esters is 1. The average Bonchev–Trinajstić information content (AvgIpc) is 2.96. The summed E-state index contributed by atoms with van der Waals surface area (Å²) in [6, 6.07) is 0. The van der Waals surface area contributed by atoms with Gasteiger partial charge in [0.15, 0.2) is 0 Å². The molecule has 5 aliphatic rings. The lowest BCUT2D eigenvalue weighted by molar-refractivity contribution is -0.157. The molecule has 3 saturated carbocycles. The molecule has 4 bridgehead atoms. The maximum absolute atomic E-state index is 12.7. The van der Waals surface area contributed by atoms with E-state index in [1.165, 1.54) is 6.42 Å². The first kappa shape index (κ1) is 18.1. The van der Waals surface area contributed by atoms with Crippen molar-refractivity contribution >= 4 is 11.8 Å². The van der Waals surface area contributed by atoms with Crippen LogP contribution in [0.1, 0.15) is 59.3 Å². The Morgan fingerprint density at radius 2 is 1.81 bits per heavy atom. The van der Waals surface area contributed by atoms with E-state index in [0.29, 0.717) is 48.8 Å². The normalized spacial score (nSPS) is 46.6. The van der Waals surface area contributed by atoms with Crippen molar-refractivity contribution in [1.82, 2.24) is 0 Å². The minimum absolute atomic E-state index is 0.00305. The van der Waals surface area contributed by atoms with Crippen LogP contribution in [0.2, 0.25) is 0 Å². The molecule has 2 saturated heterocycles. The number of epoxide rings is 1. The van der Waals surface area contributed by atoms with E-state index in [4.69, 9.17) is 14.2 Å². The molecule has 0 N–H and O–H groups in total. The standard InChI is InChI=1S/C22H32O5/c1-11-14-8-13(26-11)9-17(14)21(24)25-10-22(2,3)5-4-18(23)15-6-12-7-16(15)20-19(12)27-20/h11-17,19-20H,4-10H2,1-3H3. The topological polar surface area (TPSA) is 65.1 Å². The third-order valence-corrected chi connectivity index (χ3v) is 8.04. The molecule has 0 radical (unpaired) electrons. The molecule has 0 amide bonds. The van der Waals surface area contributed by atoms with E-state index in [-0.39, 0.29) is 35.4 Å². The highest BCUT2D eigenvalue weighted by Gasteiger charge is 2.64. The van der Waals surface area contributed by atoms with Crippen LogP contribution in [0.4, 0.5) is 0 Å². The first-order valence-electron chi connectivity index (χ1n) is 10.8. The maximum Gasteiger partial charge on any atom is 0.309 e. The molecule has 9 unspecified atom stereocenters. The fraction of sp³-hybridized carbons (Fsp3) is 0.909. The summed E-state index contributed by atoms with van der Waals surface area (Å²) < 4.78 is 17.2. The maximum atomic E-state index is 12.7. The van der Waals surface area contributed by atoms with Crippen molar-refractivity contribution in [3.63, 3.8) is 0 Å². The summed E-state index contributed by atoms with van der Waals surface area (Å²) in [4.78, 5) is 25.3. The molecule has 3 aliphatic carbocycles. The second-order valence-electron chi connectivity index (χ2n) is 10.5.